The van der Waals surface area contributed by atoms with Gasteiger partial charge in [-0.1, -0.05) is 19.0 Å². The smallest absolute Gasteiger partial charge is 0.223 e. The lowest BCUT2D eigenvalue weighted by molar-refractivity contribution is 0.0181. The van der Waals surface area contributed by atoms with Gasteiger partial charge in [-0.3, -0.25) is 0 Å². The average Bonchev–Trinajstić information content (AvgIpc) is 2.45. The minimum atomic E-state index is 0.476. The Morgan fingerprint density at radius 3 is 2.85 bits per heavy atom. The van der Waals surface area contributed by atoms with E-state index in [9.17, 15) is 0 Å². The van der Waals surface area contributed by atoms with Crippen molar-refractivity contribution in [2.45, 2.75) is 27.3 Å². The molecule has 0 radical (unpaired) electrons. The zero-order valence-electron chi connectivity index (χ0n) is 8.20. The van der Waals surface area contributed by atoms with E-state index in [1.165, 1.54) is 0 Å². The Balaban J connectivity index is 2.13. The molecule has 5 nitrogen and oxygen atoms in total. The topological polar surface area (TPSA) is 60.2 Å². The predicted molar refractivity (Wildman–Crippen MR) is 46.7 cm³/mol. The summed E-state index contributed by atoms with van der Waals surface area (Å²) >= 11 is 0. The third-order valence-corrected chi connectivity index (χ3v) is 1.32. The number of aryl methyl sites for hydroxylation is 1. The number of hydrogen-bond donors (Lipinski definition) is 1. The highest BCUT2D eigenvalue weighted by Gasteiger charge is 2.01. The van der Waals surface area contributed by atoms with Crippen LogP contribution in [0.5, 0.6) is 0 Å². The van der Waals surface area contributed by atoms with Gasteiger partial charge in [0.25, 0.3) is 0 Å². The second-order valence-corrected chi connectivity index (χ2v) is 3.26. The van der Waals surface area contributed by atoms with E-state index < -0.39 is 0 Å². The molecule has 0 atom stereocenters. The number of nitrogens with one attached hydrogen (secondary N) is 1. The Labute approximate surface area is 77.4 Å². The molecular formula is C8H15N3O2. The molecule has 0 unspecified atom stereocenters. The fourth-order valence-corrected chi connectivity index (χ4v) is 0.754. The van der Waals surface area contributed by atoms with Gasteiger partial charge < -0.3 is 9.36 Å². The molecule has 1 aromatic rings. The SMILES string of the molecule is Cc1nc(CNOCC(C)C)no1. The lowest BCUT2D eigenvalue weighted by Crippen LogP contribution is -2.18. The Kier molecular flexibility index (Phi) is 3.85. The quantitative estimate of drug-likeness (QED) is 0.549. The Bertz CT molecular complexity index is 247. The lowest BCUT2D eigenvalue weighted by Gasteiger charge is -2.05. The predicted octanol–water partition coefficient (Wildman–Crippen LogP) is 1.06. The molecule has 0 saturated carbocycles. The summed E-state index contributed by atoms with van der Waals surface area (Å²) in [5.41, 5.74) is 2.76. The summed E-state index contributed by atoms with van der Waals surface area (Å²) in [6, 6.07) is 0. The van der Waals surface area contributed by atoms with E-state index in [-0.39, 0.29) is 0 Å². The van der Waals surface area contributed by atoms with Crippen molar-refractivity contribution in [2.75, 3.05) is 6.61 Å². The second kappa shape index (κ2) is 4.94. The largest absolute Gasteiger partial charge is 0.340 e. The van der Waals surface area contributed by atoms with Crippen LogP contribution >= 0.6 is 0 Å². The molecule has 13 heavy (non-hydrogen) atoms. The summed E-state index contributed by atoms with van der Waals surface area (Å²) in [5, 5.41) is 3.70. The van der Waals surface area contributed by atoms with Crippen LogP contribution in [0.15, 0.2) is 4.52 Å². The minimum absolute atomic E-state index is 0.476. The van der Waals surface area contributed by atoms with E-state index in [0.29, 0.717) is 30.8 Å². The van der Waals surface area contributed by atoms with Crippen LogP contribution in [0.25, 0.3) is 0 Å². The van der Waals surface area contributed by atoms with Gasteiger partial charge >= 0.3 is 0 Å². The summed E-state index contributed by atoms with van der Waals surface area (Å²) in [7, 11) is 0. The first kappa shape index (κ1) is 10.1. The standard InChI is InChI=1S/C8H15N3O2/c1-6(2)5-12-9-4-8-10-7(3)13-11-8/h6,9H,4-5H2,1-3H3. The molecule has 1 heterocycles. The van der Waals surface area contributed by atoms with Gasteiger partial charge in [-0.15, -0.1) is 0 Å². The molecule has 0 aliphatic rings. The highest BCUT2D eigenvalue weighted by molar-refractivity contribution is 4.81. The highest BCUT2D eigenvalue weighted by atomic mass is 16.6. The van der Waals surface area contributed by atoms with E-state index in [0.717, 1.165) is 0 Å². The van der Waals surface area contributed by atoms with Crippen molar-refractivity contribution in [1.82, 2.24) is 15.6 Å². The van der Waals surface area contributed by atoms with Crippen LogP contribution in [0.4, 0.5) is 0 Å². The fraction of sp³-hybridized carbons (Fsp3) is 0.750. The molecule has 74 valence electrons. The number of rotatable bonds is 5. The highest BCUT2D eigenvalue weighted by Crippen LogP contribution is 1.94. The maximum atomic E-state index is 5.14. The maximum absolute atomic E-state index is 5.14. The molecule has 0 aliphatic carbocycles. The summed E-state index contributed by atoms with van der Waals surface area (Å²) in [6.45, 7) is 7.08. The van der Waals surface area contributed by atoms with Crippen LogP contribution < -0.4 is 5.48 Å². The van der Waals surface area contributed by atoms with E-state index in [1.807, 2.05) is 0 Å². The fourth-order valence-electron chi connectivity index (χ4n) is 0.754. The average molecular weight is 185 g/mol. The minimum Gasteiger partial charge on any atom is -0.340 e. The van der Waals surface area contributed by atoms with Gasteiger partial charge in [0.15, 0.2) is 5.82 Å². The van der Waals surface area contributed by atoms with E-state index >= 15 is 0 Å². The Morgan fingerprint density at radius 2 is 2.31 bits per heavy atom. The van der Waals surface area contributed by atoms with Crippen molar-refractivity contribution >= 4 is 0 Å². The molecule has 1 aromatic heterocycles. The molecule has 0 fully saturated rings. The van der Waals surface area contributed by atoms with Gasteiger partial charge in [0, 0.05) is 6.92 Å². The number of nitrogens with zero attached hydrogens (tertiary/aromatic N) is 2. The molecule has 0 spiro atoms. The zero-order valence-corrected chi connectivity index (χ0v) is 8.20. The van der Waals surface area contributed by atoms with Crippen molar-refractivity contribution in [3.8, 4) is 0 Å². The van der Waals surface area contributed by atoms with Crippen LogP contribution in [0, 0.1) is 12.8 Å². The van der Waals surface area contributed by atoms with Crippen LogP contribution in [-0.2, 0) is 11.4 Å². The molecule has 5 heteroatoms. The van der Waals surface area contributed by atoms with E-state index in [4.69, 9.17) is 9.36 Å². The number of hydrogen-bond acceptors (Lipinski definition) is 5. The summed E-state index contributed by atoms with van der Waals surface area (Å²) in [4.78, 5) is 9.14. The van der Waals surface area contributed by atoms with Gasteiger partial charge in [-0.05, 0) is 5.92 Å². The van der Waals surface area contributed by atoms with Crippen molar-refractivity contribution in [1.29, 1.82) is 0 Å². The van der Waals surface area contributed by atoms with Crippen molar-refractivity contribution in [3.63, 3.8) is 0 Å². The Morgan fingerprint density at radius 1 is 1.54 bits per heavy atom. The second-order valence-electron chi connectivity index (χ2n) is 3.26. The molecule has 0 aromatic carbocycles. The maximum Gasteiger partial charge on any atom is 0.223 e. The van der Waals surface area contributed by atoms with E-state index in [2.05, 4.69) is 29.5 Å². The first-order valence-corrected chi connectivity index (χ1v) is 4.32. The number of aromatic nitrogens is 2. The first-order valence-electron chi connectivity index (χ1n) is 4.32. The third-order valence-electron chi connectivity index (χ3n) is 1.32. The van der Waals surface area contributed by atoms with Crippen molar-refractivity contribution in [2.24, 2.45) is 5.92 Å². The van der Waals surface area contributed by atoms with Gasteiger partial charge in [-0.25, -0.2) is 0 Å². The molecule has 0 saturated heterocycles. The van der Waals surface area contributed by atoms with Crippen LogP contribution in [0.3, 0.4) is 0 Å². The molecule has 0 aliphatic heterocycles. The molecular weight excluding hydrogens is 170 g/mol. The van der Waals surface area contributed by atoms with E-state index in [1.54, 1.807) is 6.92 Å². The van der Waals surface area contributed by atoms with Gasteiger partial charge in [-0.2, -0.15) is 10.5 Å². The summed E-state index contributed by atoms with van der Waals surface area (Å²) in [6.07, 6.45) is 0. The summed E-state index contributed by atoms with van der Waals surface area (Å²) in [5.74, 6) is 1.70. The normalized spacial score (nSPS) is 11.1. The zero-order chi connectivity index (χ0) is 9.68. The molecule has 0 amide bonds. The van der Waals surface area contributed by atoms with Crippen LogP contribution in [0.1, 0.15) is 25.6 Å². The summed E-state index contributed by atoms with van der Waals surface area (Å²) < 4.78 is 4.79. The molecule has 0 bridgehead atoms. The Hall–Kier alpha value is -0.940. The number of hydroxylamine groups is 1. The molecule has 1 rings (SSSR count). The lowest BCUT2D eigenvalue weighted by atomic mass is 10.2. The first-order chi connectivity index (χ1) is 6.18. The van der Waals surface area contributed by atoms with Crippen LogP contribution in [-0.4, -0.2) is 16.7 Å². The van der Waals surface area contributed by atoms with Crippen molar-refractivity contribution in [3.05, 3.63) is 11.7 Å². The van der Waals surface area contributed by atoms with Gasteiger partial charge in [0.05, 0.1) is 13.2 Å². The third kappa shape index (κ3) is 4.00. The van der Waals surface area contributed by atoms with Crippen molar-refractivity contribution < 1.29 is 9.36 Å². The monoisotopic (exact) mass is 185 g/mol. The van der Waals surface area contributed by atoms with Crippen LogP contribution in [0.2, 0.25) is 0 Å². The van der Waals surface area contributed by atoms with Gasteiger partial charge in [0.1, 0.15) is 0 Å². The molecule has 1 N–H and O–H groups in total. The van der Waals surface area contributed by atoms with Gasteiger partial charge in [0.2, 0.25) is 5.89 Å².